The molecule has 3 rings (SSSR count). The van der Waals surface area contributed by atoms with E-state index in [0.717, 1.165) is 21.0 Å². The molecule has 0 aliphatic carbocycles. The first-order valence-electron chi connectivity index (χ1n) is 13.2. The summed E-state index contributed by atoms with van der Waals surface area (Å²) in [5.41, 5.74) is 3.36. The van der Waals surface area contributed by atoms with Crippen LogP contribution in [0.15, 0.2) is 83.8 Å². The molecule has 3 aromatic carbocycles. The second-order valence-electron chi connectivity index (χ2n) is 10.4. The van der Waals surface area contributed by atoms with Crippen LogP contribution in [0.2, 0.25) is 0 Å². The lowest BCUT2D eigenvalue weighted by Crippen LogP contribution is -2.52. The van der Waals surface area contributed by atoms with Gasteiger partial charge in [-0.2, -0.15) is 0 Å². The molecular weight excluding hydrogens is 510 g/mol. The molecule has 0 heterocycles. The maximum Gasteiger partial charge on any atom is 0.264 e. The molecule has 39 heavy (non-hydrogen) atoms. The summed E-state index contributed by atoms with van der Waals surface area (Å²) in [6, 6.07) is 22.0. The fraction of sp³-hybridized carbons (Fsp3) is 0.355. The van der Waals surface area contributed by atoms with E-state index in [9.17, 15) is 18.0 Å². The number of aryl methyl sites for hydroxylation is 1. The third-order valence-electron chi connectivity index (χ3n) is 6.53. The fourth-order valence-corrected chi connectivity index (χ4v) is 5.59. The lowest BCUT2D eigenvalue weighted by Gasteiger charge is -2.32. The summed E-state index contributed by atoms with van der Waals surface area (Å²) in [7, 11) is -4.07. The van der Waals surface area contributed by atoms with Crippen LogP contribution in [0.5, 0.6) is 0 Å². The Morgan fingerprint density at radius 3 is 1.95 bits per heavy atom. The highest BCUT2D eigenvalue weighted by molar-refractivity contribution is 7.92. The molecule has 0 aliphatic heterocycles. The number of carbonyl (C=O) groups is 2. The Bertz CT molecular complexity index is 1350. The molecule has 3 aromatic rings. The van der Waals surface area contributed by atoms with Crippen LogP contribution in [0.1, 0.15) is 57.2 Å². The Morgan fingerprint density at radius 2 is 1.41 bits per heavy atom. The molecule has 8 heteroatoms. The van der Waals surface area contributed by atoms with Crippen molar-refractivity contribution >= 4 is 27.5 Å². The van der Waals surface area contributed by atoms with Crippen molar-refractivity contribution in [2.45, 2.75) is 71.0 Å². The molecule has 0 saturated heterocycles. The quantitative estimate of drug-likeness (QED) is 0.354. The molecule has 1 N–H and O–H groups in total. The summed E-state index contributed by atoms with van der Waals surface area (Å²) in [5, 5.41) is 2.87. The number of benzene rings is 3. The van der Waals surface area contributed by atoms with Gasteiger partial charge >= 0.3 is 0 Å². The van der Waals surface area contributed by atoms with Crippen molar-refractivity contribution in [1.29, 1.82) is 0 Å². The van der Waals surface area contributed by atoms with E-state index in [2.05, 4.69) is 19.2 Å². The molecule has 0 aliphatic rings. The number of amides is 2. The summed E-state index contributed by atoms with van der Waals surface area (Å²) >= 11 is 0. The largest absolute Gasteiger partial charge is 0.352 e. The van der Waals surface area contributed by atoms with Gasteiger partial charge in [0.05, 0.1) is 10.6 Å². The van der Waals surface area contributed by atoms with Gasteiger partial charge < -0.3 is 10.2 Å². The molecule has 0 bridgehead atoms. The third-order valence-corrected chi connectivity index (χ3v) is 8.32. The standard InChI is InChI=1S/C31H39N3O4S/c1-22(2)27-16-18-28(19-17-27)34(39(37,38)29-10-8-7-9-11-29)21-30(35)33(25(6)31(36)32-23(3)4)20-26-14-12-24(5)13-15-26/h7-19,22-23,25H,20-21H2,1-6H3,(H,32,36)/t25-/m1/s1. The Balaban J connectivity index is 2.02. The van der Waals surface area contributed by atoms with Crippen LogP contribution in [0.3, 0.4) is 0 Å². The van der Waals surface area contributed by atoms with Crippen LogP contribution in [0.25, 0.3) is 0 Å². The second kappa shape index (κ2) is 12.9. The Labute approximate surface area is 232 Å². The van der Waals surface area contributed by atoms with Gasteiger partial charge in [0.1, 0.15) is 12.6 Å². The van der Waals surface area contributed by atoms with Gasteiger partial charge in [0.15, 0.2) is 0 Å². The molecule has 0 aromatic heterocycles. The van der Waals surface area contributed by atoms with Gasteiger partial charge in [-0.3, -0.25) is 13.9 Å². The summed E-state index contributed by atoms with van der Waals surface area (Å²) in [4.78, 5) is 28.4. The lowest BCUT2D eigenvalue weighted by molar-refractivity contribution is -0.139. The van der Waals surface area contributed by atoms with Crippen LogP contribution in [-0.4, -0.2) is 43.8 Å². The zero-order chi connectivity index (χ0) is 28.7. The molecule has 1 atom stereocenters. The van der Waals surface area contributed by atoms with Crippen molar-refractivity contribution in [2.75, 3.05) is 10.8 Å². The molecule has 0 saturated carbocycles. The van der Waals surface area contributed by atoms with Crippen LogP contribution >= 0.6 is 0 Å². The number of sulfonamides is 1. The van der Waals surface area contributed by atoms with Crippen LogP contribution < -0.4 is 9.62 Å². The van der Waals surface area contributed by atoms with E-state index in [4.69, 9.17) is 0 Å². The zero-order valence-corrected chi connectivity index (χ0v) is 24.4. The van der Waals surface area contributed by atoms with Crippen LogP contribution in [0, 0.1) is 6.92 Å². The Kier molecular flexibility index (Phi) is 9.92. The van der Waals surface area contributed by atoms with Crippen molar-refractivity contribution in [3.05, 3.63) is 95.6 Å². The first kappa shape index (κ1) is 29.9. The first-order valence-corrected chi connectivity index (χ1v) is 14.7. The number of hydrogen-bond acceptors (Lipinski definition) is 4. The molecule has 0 unspecified atom stereocenters. The van der Waals surface area contributed by atoms with Gasteiger partial charge in [-0.1, -0.05) is 74.0 Å². The van der Waals surface area contributed by atoms with Gasteiger partial charge in [0.25, 0.3) is 10.0 Å². The van der Waals surface area contributed by atoms with E-state index in [-0.39, 0.29) is 29.3 Å². The third kappa shape index (κ3) is 7.69. The molecule has 208 valence electrons. The minimum atomic E-state index is -4.07. The molecule has 2 amide bonds. The fourth-order valence-electron chi connectivity index (χ4n) is 4.15. The molecular formula is C31H39N3O4S. The van der Waals surface area contributed by atoms with E-state index in [1.165, 1.54) is 17.0 Å². The van der Waals surface area contributed by atoms with Crippen molar-refractivity contribution in [3.8, 4) is 0 Å². The highest BCUT2D eigenvalue weighted by Gasteiger charge is 2.32. The van der Waals surface area contributed by atoms with Gasteiger partial charge in [-0.15, -0.1) is 0 Å². The van der Waals surface area contributed by atoms with Crippen LogP contribution in [-0.2, 0) is 26.2 Å². The van der Waals surface area contributed by atoms with Crippen molar-refractivity contribution < 1.29 is 18.0 Å². The predicted octanol–water partition coefficient (Wildman–Crippen LogP) is 5.26. The Hall–Kier alpha value is -3.65. The van der Waals surface area contributed by atoms with E-state index >= 15 is 0 Å². The summed E-state index contributed by atoms with van der Waals surface area (Å²) in [5.74, 6) is -0.510. The highest BCUT2D eigenvalue weighted by Crippen LogP contribution is 2.26. The van der Waals surface area contributed by atoms with E-state index in [1.807, 2.05) is 57.2 Å². The number of anilines is 1. The molecule has 0 spiro atoms. The van der Waals surface area contributed by atoms with Gasteiger partial charge in [0.2, 0.25) is 11.8 Å². The monoisotopic (exact) mass is 549 g/mol. The van der Waals surface area contributed by atoms with Crippen molar-refractivity contribution in [2.24, 2.45) is 0 Å². The second-order valence-corrected chi connectivity index (χ2v) is 12.3. The van der Waals surface area contributed by atoms with Crippen LogP contribution in [0.4, 0.5) is 5.69 Å². The summed E-state index contributed by atoms with van der Waals surface area (Å²) in [6.07, 6.45) is 0. The average molecular weight is 550 g/mol. The lowest BCUT2D eigenvalue weighted by atomic mass is 10.0. The van der Waals surface area contributed by atoms with E-state index in [1.54, 1.807) is 37.3 Å². The smallest absolute Gasteiger partial charge is 0.264 e. The normalized spacial score (nSPS) is 12.3. The van der Waals surface area contributed by atoms with Crippen molar-refractivity contribution in [1.82, 2.24) is 10.2 Å². The molecule has 0 radical (unpaired) electrons. The predicted molar refractivity (Wildman–Crippen MR) is 156 cm³/mol. The highest BCUT2D eigenvalue weighted by atomic mass is 32.2. The average Bonchev–Trinajstić information content (AvgIpc) is 2.91. The SMILES string of the molecule is Cc1ccc(CN(C(=O)CN(c2ccc(C(C)C)cc2)S(=O)(=O)c2ccccc2)[C@H](C)C(=O)NC(C)C)cc1. The van der Waals surface area contributed by atoms with Gasteiger partial charge in [0, 0.05) is 12.6 Å². The number of nitrogens with zero attached hydrogens (tertiary/aromatic N) is 2. The van der Waals surface area contributed by atoms with Crippen molar-refractivity contribution in [3.63, 3.8) is 0 Å². The number of carbonyl (C=O) groups excluding carboxylic acids is 2. The number of rotatable bonds is 11. The van der Waals surface area contributed by atoms with Gasteiger partial charge in [-0.25, -0.2) is 8.42 Å². The number of nitrogens with one attached hydrogen (secondary N) is 1. The minimum Gasteiger partial charge on any atom is -0.352 e. The van der Waals surface area contributed by atoms with E-state index < -0.39 is 28.5 Å². The Morgan fingerprint density at radius 1 is 0.821 bits per heavy atom. The maximum atomic E-state index is 13.9. The van der Waals surface area contributed by atoms with Gasteiger partial charge in [-0.05, 0) is 69.0 Å². The minimum absolute atomic E-state index is 0.0846. The summed E-state index contributed by atoms with van der Waals surface area (Å²) < 4.78 is 28.8. The maximum absolute atomic E-state index is 13.9. The zero-order valence-electron chi connectivity index (χ0n) is 23.6. The topological polar surface area (TPSA) is 86.8 Å². The first-order chi connectivity index (χ1) is 18.4. The molecule has 7 nitrogen and oxygen atoms in total. The summed E-state index contributed by atoms with van der Waals surface area (Å²) in [6.45, 7) is 11.2. The molecule has 0 fully saturated rings. The van der Waals surface area contributed by atoms with E-state index in [0.29, 0.717) is 5.69 Å². The number of hydrogen-bond donors (Lipinski definition) is 1.